The molecule has 0 spiro atoms. The maximum absolute atomic E-state index is 10.9. The van der Waals surface area contributed by atoms with Gasteiger partial charge in [0, 0.05) is 6.42 Å². The van der Waals surface area contributed by atoms with Gasteiger partial charge in [-0.1, -0.05) is 37.9 Å². The van der Waals surface area contributed by atoms with Crippen molar-refractivity contribution < 1.29 is 9.53 Å². The average molecular weight is 286 g/mol. The first-order chi connectivity index (χ1) is 5.07. The number of hydrogen-bond donors (Lipinski definition) is 0. The molecule has 64 valence electrons. The standard InChI is InChI=1S/C7H10Br2O2/c1-3-4-5(2)11-7(10)6(8)9/h3,5-6H,1,4H2,2H3. The van der Waals surface area contributed by atoms with Crippen molar-refractivity contribution in [3.63, 3.8) is 0 Å². The van der Waals surface area contributed by atoms with E-state index in [-0.39, 0.29) is 12.1 Å². The van der Waals surface area contributed by atoms with E-state index in [0.29, 0.717) is 6.42 Å². The number of rotatable bonds is 4. The molecule has 0 radical (unpaired) electrons. The Morgan fingerprint density at radius 3 is 2.64 bits per heavy atom. The van der Waals surface area contributed by atoms with Crippen LogP contribution in [-0.4, -0.2) is 15.8 Å². The molecule has 0 aromatic rings. The van der Waals surface area contributed by atoms with Gasteiger partial charge in [0.25, 0.3) is 0 Å². The monoisotopic (exact) mass is 284 g/mol. The van der Waals surface area contributed by atoms with Crippen LogP contribution in [0.2, 0.25) is 0 Å². The normalized spacial score (nSPS) is 12.7. The largest absolute Gasteiger partial charge is 0.461 e. The molecule has 0 aromatic carbocycles. The van der Waals surface area contributed by atoms with Gasteiger partial charge >= 0.3 is 5.97 Å². The van der Waals surface area contributed by atoms with Crippen molar-refractivity contribution in [1.82, 2.24) is 0 Å². The van der Waals surface area contributed by atoms with E-state index >= 15 is 0 Å². The zero-order chi connectivity index (χ0) is 8.85. The molecular formula is C7H10Br2O2. The van der Waals surface area contributed by atoms with Crippen LogP contribution < -0.4 is 0 Å². The molecular weight excluding hydrogens is 276 g/mol. The van der Waals surface area contributed by atoms with E-state index in [1.807, 2.05) is 6.92 Å². The van der Waals surface area contributed by atoms with E-state index in [1.165, 1.54) is 0 Å². The number of carbonyl (C=O) groups is 1. The second kappa shape index (κ2) is 5.77. The highest BCUT2D eigenvalue weighted by atomic mass is 79.9. The van der Waals surface area contributed by atoms with Crippen LogP contribution in [0, 0.1) is 0 Å². The minimum absolute atomic E-state index is 0.0994. The number of hydrogen-bond acceptors (Lipinski definition) is 2. The summed E-state index contributed by atoms with van der Waals surface area (Å²) in [5.41, 5.74) is 0. The van der Waals surface area contributed by atoms with Gasteiger partial charge in [-0.25, -0.2) is 4.79 Å². The molecule has 1 atom stereocenters. The van der Waals surface area contributed by atoms with Gasteiger partial charge in [-0.2, -0.15) is 0 Å². The predicted molar refractivity (Wildman–Crippen MR) is 52.0 cm³/mol. The number of ether oxygens (including phenoxy) is 1. The van der Waals surface area contributed by atoms with Crippen LogP contribution in [0.5, 0.6) is 0 Å². The lowest BCUT2D eigenvalue weighted by atomic mass is 10.3. The van der Waals surface area contributed by atoms with Crippen molar-refractivity contribution in [3.05, 3.63) is 12.7 Å². The zero-order valence-electron chi connectivity index (χ0n) is 6.22. The molecule has 0 N–H and O–H groups in total. The molecule has 0 fully saturated rings. The second-order valence-electron chi connectivity index (χ2n) is 2.07. The molecule has 0 saturated carbocycles. The third kappa shape index (κ3) is 5.44. The van der Waals surface area contributed by atoms with Crippen LogP contribution in [0.4, 0.5) is 0 Å². The Balaban J connectivity index is 3.65. The molecule has 0 amide bonds. The van der Waals surface area contributed by atoms with E-state index in [4.69, 9.17) is 4.74 Å². The molecule has 4 heteroatoms. The summed E-state index contributed by atoms with van der Waals surface area (Å²) in [6.45, 7) is 5.36. The summed E-state index contributed by atoms with van der Waals surface area (Å²) in [7, 11) is 0. The van der Waals surface area contributed by atoms with E-state index in [2.05, 4.69) is 38.4 Å². The maximum Gasteiger partial charge on any atom is 0.330 e. The van der Waals surface area contributed by atoms with E-state index in [1.54, 1.807) is 6.08 Å². The fraction of sp³-hybridized carbons (Fsp3) is 0.571. The van der Waals surface area contributed by atoms with Crippen LogP contribution in [0.3, 0.4) is 0 Å². The van der Waals surface area contributed by atoms with E-state index in [9.17, 15) is 4.79 Å². The van der Waals surface area contributed by atoms with Gasteiger partial charge in [-0.3, -0.25) is 0 Å². The van der Waals surface area contributed by atoms with Gasteiger partial charge in [0.05, 0.1) is 0 Å². The van der Waals surface area contributed by atoms with Gasteiger partial charge < -0.3 is 4.74 Å². The topological polar surface area (TPSA) is 26.3 Å². The lowest BCUT2D eigenvalue weighted by molar-refractivity contribution is -0.145. The van der Waals surface area contributed by atoms with Crippen LogP contribution in [0.1, 0.15) is 13.3 Å². The Morgan fingerprint density at radius 2 is 2.27 bits per heavy atom. The minimum Gasteiger partial charge on any atom is -0.461 e. The molecule has 0 rings (SSSR count). The number of carbonyl (C=O) groups excluding carboxylic acids is 1. The molecule has 0 saturated heterocycles. The first kappa shape index (κ1) is 11.2. The summed E-state index contributed by atoms with van der Waals surface area (Å²) in [5.74, 6) is -0.306. The molecule has 11 heavy (non-hydrogen) atoms. The summed E-state index contributed by atoms with van der Waals surface area (Å²) in [6, 6.07) is 0. The van der Waals surface area contributed by atoms with E-state index < -0.39 is 3.74 Å². The fourth-order valence-corrected chi connectivity index (χ4v) is 0.748. The lowest BCUT2D eigenvalue weighted by Gasteiger charge is -2.10. The minimum atomic E-state index is -0.415. The molecule has 1 unspecified atom stereocenters. The summed E-state index contributed by atoms with van der Waals surface area (Å²) in [5, 5.41) is 0. The summed E-state index contributed by atoms with van der Waals surface area (Å²) in [6.07, 6.45) is 2.30. The Hall–Kier alpha value is 0.170. The molecule has 0 aliphatic heterocycles. The molecule has 0 aromatic heterocycles. The Kier molecular flexibility index (Phi) is 5.86. The highest BCUT2D eigenvalue weighted by Gasteiger charge is 2.14. The van der Waals surface area contributed by atoms with Crippen LogP contribution in [0.15, 0.2) is 12.7 Å². The average Bonchev–Trinajstić information content (AvgIpc) is 1.87. The Bertz CT molecular complexity index is 145. The summed E-state index contributed by atoms with van der Waals surface area (Å²) < 4.78 is 4.53. The molecule has 0 bridgehead atoms. The number of alkyl halides is 2. The molecule has 0 aliphatic carbocycles. The maximum atomic E-state index is 10.9. The van der Waals surface area contributed by atoms with Crippen molar-refractivity contribution in [3.8, 4) is 0 Å². The highest BCUT2D eigenvalue weighted by molar-refractivity contribution is 9.25. The quantitative estimate of drug-likeness (QED) is 0.451. The fourth-order valence-electron chi connectivity index (χ4n) is 0.533. The first-order valence-electron chi connectivity index (χ1n) is 3.17. The predicted octanol–water partition coefficient (Wildman–Crippen LogP) is 2.61. The van der Waals surface area contributed by atoms with Gasteiger partial charge in [-0.15, -0.1) is 6.58 Å². The van der Waals surface area contributed by atoms with Crippen molar-refractivity contribution >= 4 is 37.8 Å². The van der Waals surface area contributed by atoms with Crippen molar-refractivity contribution in [2.24, 2.45) is 0 Å². The Morgan fingerprint density at radius 1 is 1.73 bits per heavy atom. The SMILES string of the molecule is C=CCC(C)OC(=O)C(Br)Br. The Labute approximate surface area is 83.2 Å². The number of esters is 1. The third-order valence-electron chi connectivity index (χ3n) is 0.994. The van der Waals surface area contributed by atoms with Crippen LogP contribution in [0.25, 0.3) is 0 Å². The second-order valence-corrected chi connectivity index (χ2v) is 5.13. The summed E-state index contributed by atoms with van der Waals surface area (Å²) in [4.78, 5) is 10.9. The number of halogens is 2. The van der Waals surface area contributed by atoms with Gasteiger partial charge in [0.15, 0.2) is 3.74 Å². The first-order valence-corrected chi connectivity index (χ1v) is 5.00. The molecule has 0 aliphatic rings. The highest BCUT2D eigenvalue weighted by Crippen LogP contribution is 2.11. The van der Waals surface area contributed by atoms with Crippen molar-refractivity contribution in [2.45, 2.75) is 23.2 Å². The smallest absolute Gasteiger partial charge is 0.330 e. The molecule has 0 heterocycles. The third-order valence-corrected chi connectivity index (χ3v) is 1.74. The van der Waals surface area contributed by atoms with Gasteiger partial charge in [-0.05, 0) is 6.92 Å². The molecule has 2 nitrogen and oxygen atoms in total. The van der Waals surface area contributed by atoms with Gasteiger partial charge in [0.2, 0.25) is 0 Å². The van der Waals surface area contributed by atoms with Crippen molar-refractivity contribution in [1.29, 1.82) is 0 Å². The van der Waals surface area contributed by atoms with Crippen molar-refractivity contribution in [2.75, 3.05) is 0 Å². The zero-order valence-corrected chi connectivity index (χ0v) is 9.39. The van der Waals surface area contributed by atoms with Gasteiger partial charge in [0.1, 0.15) is 6.10 Å². The lowest BCUT2D eigenvalue weighted by Crippen LogP contribution is -2.18. The van der Waals surface area contributed by atoms with E-state index in [0.717, 1.165) is 0 Å². The van der Waals surface area contributed by atoms with Crippen LogP contribution >= 0.6 is 31.9 Å². The summed E-state index contributed by atoms with van der Waals surface area (Å²) >= 11 is 6.07. The van der Waals surface area contributed by atoms with Crippen LogP contribution in [-0.2, 0) is 9.53 Å².